The summed E-state index contributed by atoms with van der Waals surface area (Å²) in [7, 11) is 0. The molecular weight excluding hydrogens is 386 g/mol. The van der Waals surface area contributed by atoms with Crippen LogP contribution in [0.3, 0.4) is 0 Å². The fourth-order valence-corrected chi connectivity index (χ4v) is 5.26. The van der Waals surface area contributed by atoms with Crippen molar-refractivity contribution < 1.29 is 9.53 Å². The zero-order valence-corrected chi connectivity index (χ0v) is 18.5. The topological polar surface area (TPSA) is 47.4 Å². The van der Waals surface area contributed by atoms with Gasteiger partial charge in [0.15, 0.2) is 0 Å². The van der Waals surface area contributed by atoms with Crippen molar-refractivity contribution >= 4 is 5.91 Å². The number of amides is 1. The van der Waals surface area contributed by atoms with Crippen LogP contribution < -0.4 is 4.74 Å². The van der Waals surface area contributed by atoms with Crippen LogP contribution in [0.5, 0.6) is 5.75 Å². The first-order chi connectivity index (χ1) is 15.0. The third-order valence-electron chi connectivity index (χ3n) is 6.74. The van der Waals surface area contributed by atoms with Gasteiger partial charge < -0.3 is 9.64 Å². The van der Waals surface area contributed by atoms with E-state index in [4.69, 9.17) is 9.84 Å². The smallest absolute Gasteiger partial charge is 0.257 e. The van der Waals surface area contributed by atoms with E-state index in [0.29, 0.717) is 23.8 Å². The van der Waals surface area contributed by atoms with Gasteiger partial charge in [0.25, 0.3) is 5.91 Å². The number of carbonyl (C=O) groups excluding carboxylic acids is 1. The van der Waals surface area contributed by atoms with E-state index in [9.17, 15) is 4.79 Å². The van der Waals surface area contributed by atoms with Gasteiger partial charge in [0, 0.05) is 30.1 Å². The summed E-state index contributed by atoms with van der Waals surface area (Å²) in [5.74, 6) is 1.26. The molecule has 1 aliphatic carbocycles. The van der Waals surface area contributed by atoms with Gasteiger partial charge >= 0.3 is 0 Å². The van der Waals surface area contributed by atoms with Crippen LogP contribution >= 0.6 is 0 Å². The van der Waals surface area contributed by atoms with Crippen LogP contribution in [0.2, 0.25) is 0 Å². The summed E-state index contributed by atoms with van der Waals surface area (Å²) >= 11 is 0. The highest BCUT2D eigenvalue weighted by molar-refractivity contribution is 5.97. The number of hydrogen-bond donors (Lipinski definition) is 0. The van der Waals surface area contributed by atoms with Gasteiger partial charge in [0.1, 0.15) is 5.75 Å². The van der Waals surface area contributed by atoms with Gasteiger partial charge in [-0.05, 0) is 63.4 Å². The van der Waals surface area contributed by atoms with E-state index in [1.165, 1.54) is 11.3 Å². The summed E-state index contributed by atoms with van der Waals surface area (Å²) in [6.07, 6.45) is 2.22. The molecule has 2 aromatic carbocycles. The van der Waals surface area contributed by atoms with E-state index in [1.54, 1.807) is 0 Å². The molecule has 2 fully saturated rings. The number of nitrogens with zero attached hydrogens (tertiary/aromatic N) is 3. The van der Waals surface area contributed by atoms with Crippen LogP contribution in [-0.2, 0) is 0 Å². The number of carbonyl (C=O) groups is 1. The Morgan fingerprint density at radius 1 is 1.10 bits per heavy atom. The number of para-hydroxylation sites is 2. The average Bonchev–Trinajstić information content (AvgIpc) is 3.08. The molecule has 0 atom stereocenters. The summed E-state index contributed by atoms with van der Waals surface area (Å²) in [4.78, 5) is 15.0. The predicted octanol–water partition coefficient (Wildman–Crippen LogP) is 4.91. The van der Waals surface area contributed by atoms with Crippen molar-refractivity contribution in [3.8, 4) is 11.4 Å². The molecule has 2 heterocycles. The second-order valence-corrected chi connectivity index (χ2v) is 9.10. The zero-order chi connectivity index (χ0) is 21.6. The third-order valence-corrected chi connectivity index (χ3v) is 6.74. The third kappa shape index (κ3) is 3.42. The monoisotopic (exact) mass is 415 g/mol. The largest absolute Gasteiger partial charge is 0.493 e. The first-order valence-corrected chi connectivity index (χ1v) is 11.1. The lowest BCUT2D eigenvalue weighted by Gasteiger charge is -2.59. The standard InChI is InChI=1S/C26H29N3O2/c1-4-31-24-12-8-6-10-21(24)25(30)28-16-26(17-28)14-20(15-26)23-13-19(3)27-29(23)22-11-7-5-9-18(22)2/h5-13,20H,4,14-17H2,1-3H3. The van der Waals surface area contributed by atoms with Crippen LogP contribution in [0.25, 0.3) is 5.69 Å². The highest BCUT2D eigenvalue weighted by Crippen LogP contribution is 2.56. The van der Waals surface area contributed by atoms with Gasteiger partial charge in [0.05, 0.1) is 23.6 Å². The molecule has 2 aliphatic rings. The minimum atomic E-state index is 0.0823. The Hall–Kier alpha value is -3.08. The van der Waals surface area contributed by atoms with Crippen molar-refractivity contribution in [2.75, 3.05) is 19.7 Å². The number of rotatable bonds is 5. The number of aromatic nitrogens is 2. The first-order valence-electron chi connectivity index (χ1n) is 11.1. The van der Waals surface area contributed by atoms with Gasteiger partial charge in [-0.2, -0.15) is 5.10 Å². The summed E-state index contributed by atoms with van der Waals surface area (Å²) in [6, 6.07) is 18.2. The highest BCUT2D eigenvalue weighted by Gasteiger charge is 2.54. The van der Waals surface area contributed by atoms with Crippen molar-refractivity contribution in [2.45, 2.75) is 39.5 Å². The maximum Gasteiger partial charge on any atom is 0.257 e. The molecule has 1 aliphatic heterocycles. The van der Waals surface area contributed by atoms with Gasteiger partial charge in [-0.3, -0.25) is 4.79 Å². The maximum atomic E-state index is 13.0. The van der Waals surface area contributed by atoms with Crippen molar-refractivity contribution in [3.63, 3.8) is 0 Å². The lowest BCUT2D eigenvalue weighted by molar-refractivity contribution is -0.0566. The van der Waals surface area contributed by atoms with Gasteiger partial charge in [-0.25, -0.2) is 4.68 Å². The van der Waals surface area contributed by atoms with E-state index >= 15 is 0 Å². The molecule has 5 nitrogen and oxygen atoms in total. The van der Waals surface area contributed by atoms with Crippen LogP contribution in [0.4, 0.5) is 0 Å². The molecule has 1 saturated carbocycles. The number of hydrogen-bond acceptors (Lipinski definition) is 3. The van der Waals surface area contributed by atoms with E-state index in [-0.39, 0.29) is 11.3 Å². The Bertz CT molecular complexity index is 1120. The fraction of sp³-hybridized carbons (Fsp3) is 0.385. The van der Waals surface area contributed by atoms with Crippen molar-refractivity contribution in [2.24, 2.45) is 5.41 Å². The summed E-state index contributed by atoms with van der Waals surface area (Å²) < 4.78 is 7.78. The predicted molar refractivity (Wildman–Crippen MR) is 121 cm³/mol. The second kappa shape index (κ2) is 7.56. The SMILES string of the molecule is CCOc1ccccc1C(=O)N1CC2(CC(c3cc(C)nn3-c3ccccc3C)C2)C1. The molecule has 3 aromatic rings. The summed E-state index contributed by atoms with van der Waals surface area (Å²) in [5.41, 5.74) is 5.67. The Kier molecular flexibility index (Phi) is 4.84. The lowest BCUT2D eigenvalue weighted by Crippen LogP contribution is -2.63. The zero-order valence-electron chi connectivity index (χ0n) is 18.5. The lowest BCUT2D eigenvalue weighted by atomic mass is 9.57. The van der Waals surface area contributed by atoms with E-state index in [1.807, 2.05) is 36.1 Å². The van der Waals surface area contributed by atoms with Crippen molar-refractivity contribution in [3.05, 3.63) is 77.1 Å². The van der Waals surface area contributed by atoms with Gasteiger partial charge in [-0.1, -0.05) is 30.3 Å². The minimum absolute atomic E-state index is 0.0823. The molecule has 1 amide bonds. The van der Waals surface area contributed by atoms with E-state index < -0.39 is 0 Å². The molecule has 31 heavy (non-hydrogen) atoms. The Balaban J connectivity index is 1.27. The molecule has 5 rings (SSSR count). The summed E-state index contributed by atoms with van der Waals surface area (Å²) in [5, 5.41) is 4.78. The van der Waals surface area contributed by atoms with Gasteiger partial charge in [-0.15, -0.1) is 0 Å². The second-order valence-electron chi connectivity index (χ2n) is 9.10. The quantitative estimate of drug-likeness (QED) is 0.595. The number of benzene rings is 2. The number of ether oxygens (including phenoxy) is 1. The number of aryl methyl sites for hydroxylation is 2. The highest BCUT2D eigenvalue weighted by atomic mass is 16.5. The van der Waals surface area contributed by atoms with E-state index in [0.717, 1.165) is 37.3 Å². The first kappa shape index (κ1) is 19.9. The average molecular weight is 416 g/mol. The Morgan fingerprint density at radius 3 is 2.55 bits per heavy atom. The molecule has 0 unspecified atom stereocenters. The van der Waals surface area contributed by atoms with Gasteiger partial charge in [0.2, 0.25) is 0 Å². The molecule has 5 heteroatoms. The van der Waals surface area contributed by atoms with Crippen LogP contribution in [0, 0.1) is 19.3 Å². The Labute approximate surface area is 183 Å². The molecule has 0 bridgehead atoms. The molecule has 0 radical (unpaired) electrons. The number of likely N-dealkylation sites (tertiary alicyclic amines) is 1. The summed E-state index contributed by atoms with van der Waals surface area (Å²) in [6.45, 7) is 8.36. The van der Waals surface area contributed by atoms with Crippen molar-refractivity contribution in [1.29, 1.82) is 0 Å². The van der Waals surface area contributed by atoms with Crippen LogP contribution in [0.15, 0.2) is 54.6 Å². The van der Waals surface area contributed by atoms with Crippen LogP contribution in [-0.4, -0.2) is 40.3 Å². The fourth-order valence-electron chi connectivity index (χ4n) is 5.26. The molecule has 160 valence electrons. The molecule has 1 spiro atoms. The Morgan fingerprint density at radius 2 is 1.81 bits per heavy atom. The molecule has 1 saturated heterocycles. The molecule has 0 N–H and O–H groups in total. The molecular formula is C26H29N3O2. The van der Waals surface area contributed by atoms with Crippen LogP contribution in [0.1, 0.15) is 53.0 Å². The normalized spacial score (nSPS) is 17.3. The molecule has 1 aromatic heterocycles. The minimum Gasteiger partial charge on any atom is -0.493 e. The van der Waals surface area contributed by atoms with E-state index in [2.05, 4.69) is 48.9 Å². The van der Waals surface area contributed by atoms with Crippen molar-refractivity contribution in [1.82, 2.24) is 14.7 Å². The maximum absolute atomic E-state index is 13.0.